The number of hydrogen-bond acceptors (Lipinski definition) is 2. The predicted octanol–water partition coefficient (Wildman–Crippen LogP) is 11.6. The van der Waals surface area contributed by atoms with Crippen LogP contribution in [0.5, 0.6) is 0 Å². The summed E-state index contributed by atoms with van der Waals surface area (Å²) in [5, 5.41) is 8.82. The summed E-state index contributed by atoms with van der Waals surface area (Å²) < 4.78 is 5.11. The van der Waals surface area contributed by atoms with Crippen molar-refractivity contribution in [2.45, 2.75) is 13.1 Å². The van der Waals surface area contributed by atoms with Crippen LogP contribution in [-0.4, -0.2) is 10.4 Å². The van der Waals surface area contributed by atoms with E-state index in [9.17, 15) is 0 Å². The molecule has 0 saturated carbocycles. The first-order valence-electron chi connectivity index (χ1n) is 16.7. The molecule has 0 aliphatic rings. The van der Waals surface area contributed by atoms with E-state index in [2.05, 4.69) is 168 Å². The zero-order valence-corrected chi connectivity index (χ0v) is 27.7. The molecule has 0 radical (unpaired) electrons. The van der Waals surface area contributed by atoms with Gasteiger partial charge in [-0.25, -0.2) is 0 Å². The van der Waals surface area contributed by atoms with Gasteiger partial charge in [0.25, 0.3) is 0 Å². The molecule has 1 N–H and O–H groups in total. The van der Waals surface area contributed by atoms with Crippen molar-refractivity contribution < 1.29 is 0 Å². The molecule has 0 saturated heterocycles. The molecule has 0 bridgehead atoms. The number of fused-ring (bicyclic) bond motifs is 7. The molecular formula is C45H33N3S. The van der Waals surface area contributed by atoms with Gasteiger partial charge in [-0.1, -0.05) is 146 Å². The highest BCUT2D eigenvalue weighted by Gasteiger charge is 2.18. The molecule has 0 aliphatic carbocycles. The molecule has 9 aromatic rings. The van der Waals surface area contributed by atoms with Crippen LogP contribution in [0.25, 0.3) is 58.8 Å². The number of hydrogen-bond donors (Lipinski definition) is 1. The van der Waals surface area contributed by atoms with Crippen molar-refractivity contribution in [2.24, 2.45) is 4.99 Å². The summed E-state index contributed by atoms with van der Waals surface area (Å²) in [6, 6.07) is 60.8. The minimum atomic E-state index is 0.627. The summed E-state index contributed by atoms with van der Waals surface area (Å²) >= 11 is 1.89. The van der Waals surface area contributed by atoms with Crippen molar-refractivity contribution in [1.29, 1.82) is 0 Å². The van der Waals surface area contributed by atoms with Crippen molar-refractivity contribution in [3.63, 3.8) is 0 Å². The van der Waals surface area contributed by atoms with E-state index in [1.165, 1.54) is 64.2 Å². The Morgan fingerprint density at radius 1 is 0.551 bits per heavy atom. The molecule has 4 heteroatoms. The minimum absolute atomic E-state index is 0.627. The third-order valence-electron chi connectivity index (χ3n) is 9.34. The molecule has 0 spiro atoms. The average Bonchev–Trinajstić information content (AvgIpc) is 3.72. The van der Waals surface area contributed by atoms with E-state index in [1.54, 1.807) is 0 Å². The SMILES string of the molecule is c1ccc(CN=C(NCc2ccc(-n3c4cc(-c5ccccc5)ccc4c4ccc5c6ccccc6sc5c43)cc2)c2ccccc2)cc1. The summed E-state index contributed by atoms with van der Waals surface area (Å²) in [4.78, 5) is 4.99. The van der Waals surface area contributed by atoms with E-state index < -0.39 is 0 Å². The lowest BCUT2D eigenvalue weighted by atomic mass is 10.0. The zero-order chi connectivity index (χ0) is 32.6. The second-order valence-electron chi connectivity index (χ2n) is 12.4. The maximum absolute atomic E-state index is 4.99. The molecule has 0 fully saturated rings. The molecule has 9 rings (SSSR count). The third kappa shape index (κ3) is 5.46. The van der Waals surface area contributed by atoms with E-state index in [1.807, 2.05) is 23.5 Å². The molecule has 0 atom stereocenters. The molecule has 0 unspecified atom stereocenters. The summed E-state index contributed by atoms with van der Waals surface area (Å²) in [7, 11) is 0. The minimum Gasteiger partial charge on any atom is -0.366 e. The molecule has 2 heterocycles. The monoisotopic (exact) mass is 647 g/mol. The van der Waals surface area contributed by atoms with Crippen LogP contribution < -0.4 is 5.32 Å². The first-order valence-corrected chi connectivity index (χ1v) is 17.5. The van der Waals surface area contributed by atoms with Gasteiger partial charge in [0.2, 0.25) is 0 Å². The topological polar surface area (TPSA) is 29.3 Å². The van der Waals surface area contributed by atoms with Crippen LogP contribution in [0.1, 0.15) is 16.7 Å². The van der Waals surface area contributed by atoms with Crippen LogP contribution in [0.4, 0.5) is 0 Å². The number of amidine groups is 1. The molecule has 0 amide bonds. The van der Waals surface area contributed by atoms with Crippen LogP contribution in [0.3, 0.4) is 0 Å². The standard InChI is InChI=1S/C45H33N3S/c1-4-12-31(13-5-1)29-46-45(34-16-8-3-9-17-34)47-30-32-20-23-36(24-21-32)48-41-28-35(33-14-6-2-7-15-33)22-25-37(41)39-26-27-40-38-18-10-11-19-42(38)49-44(40)43(39)48/h1-28H,29-30H2,(H,46,47). The Morgan fingerprint density at radius 2 is 1.22 bits per heavy atom. The van der Waals surface area contributed by atoms with Crippen LogP contribution in [0.2, 0.25) is 0 Å². The van der Waals surface area contributed by atoms with Gasteiger partial charge in [-0.3, -0.25) is 4.99 Å². The van der Waals surface area contributed by atoms with Crippen LogP contribution in [-0.2, 0) is 13.1 Å². The Labute approximate surface area is 289 Å². The van der Waals surface area contributed by atoms with Crippen molar-refractivity contribution in [2.75, 3.05) is 0 Å². The second kappa shape index (κ2) is 12.6. The van der Waals surface area contributed by atoms with Gasteiger partial charge in [-0.05, 0) is 46.5 Å². The lowest BCUT2D eigenvalue weighted by Gasteiger charge is -2.13. The van der Waals surface area contributed by atoms with Crippen LogP contribution >= 0.6 is 11.3 Å². The molecular weight excluding hydrogens is 615 g/mol. The highest BCUT2D eigenvalue weighted by atomic mass is 32.1. The number of benzene rings is 7. The number of aromatic nitrogens is 1. The first kappa shape index (κ1) is 29.2. The average molecular weight is 648 g/mol. The fourth-order valence-electron chi connectivity index (χ4n) is 6.90. The highest BCUT2D eigenvalue weighted by molar-refractivity contribution is 7.26. The summed E-state index contributed by atoms with van der Waals surface area (Å²) in [5.74, 6) is 0.900. The molecule has 2 aromatic heterocycles. The van der Waals surface area contributed by atoms with Crippen molar-refractivity contribution in [1.82, 2.24) is 9.88 Å². The highest BCUT2D eigenvalue weighted by Crippen LogP contribution is 2.43. The Balaban J connectivity index is 1.13. The quantitative estimate of drug-likeness (QED) is 0.135. The van der Waals surface area contributed by atoms with E-state index in [0.29, 0.717) is 13.1 Å². The van der Waals surface area contributed by atoms with Crippen molar-refractivity contribution in [3.8, 4) is 16.8 Å². The molecule has 0 aliphatic heterocycles. The molecule has 7 aromatic carbocycles. The van der Waals surface area contributed by atoms with Gasteiger partial charge in [0.05, 0.1) is 22.3 Å². The number of rotatable bonds is 7. The van der Waals surface area contributed by atoms with Gasteiger partial charge in [-0.2, -0.15) is 0 Å². The molecule has 49 heavy (non-hydrogen) atoms. The van der Waals surface area contributed by atoms with Gasteiger partial charge in [0.1, 0.15) is 5.84 Å². The maximum atomic E-state index is 4.99. The van der Waals surface area contributed by atoms with Crippen LogP contribution in [0.15, 0.2) is 175 Å². The number of nitrogens with zero attached hydrogens (tertiary/aromatic N) is 2. The van der Waals surface area contributed by atoms with Crippen molar-refractivity contribution >= 4 is 59.2 Å². The Kier molecular flexibility index (Phi) is 7.49. The Morgan fingerprint density at radius 3 is 2.02 bits per heavy atom. The summed E-state index contributed by atoms with van der Waals surface area (Å²) in [6.07, 6.45) is 0. The van der Waals surface area contributed by atoms with Gasteiger partial charge < -0.3 is 9.88 Å². The Hall–Kier alpha value is -5.97. The third-order valence-corrected chi connectivity index (χ3v) is 10.5. The second-order valence-corrected chi connectivity index (χ2v) is 13.5. The fraction of sp³-hybridized carbons (Fsp3) is 0.0444. The fourth-order valence-corrected chi connectivity index (χ4v) is 8.15. The molecule has 234 valence electrons. The lowest BCUT2D eigenvalue weighted by molar-refractivity contribution is 0.895. The molecule has 3 nitrogen and oxygen atoms in total. The van der Waals surface area contributed by atoms with E-state index in [0.717, 1.165) is 17.1 Å². The van der Waals surface area contributed by atoms with E-state index in [4.69, 9.17) is 4.99 Å². The van der Waals surface area contributed by atoms with Gasteiger partial charge >= 0.3 is 0 Å². The number of nitrogens with one attached hydrogen (secondary N) is 1. The van der Waals surface area contributed by atoms with Gasteiger partial charge in [-0.15, -0.1) is 11.3 Å². The van der Waals surface area contributed by atoms with Gasteiger partial charge in [0.15, 0.2) is 0 Å². The normalized spacial score (nSPS) is 12.0. The summed E-state index contributed by atoms with van der Waals surface area (Å²) in [6.45, 7) is 1.30. The largest absolute Gasteiger partial charge is 0.366 e. The smallest absolute Gasteiger partial charge is 0.128 e. The summed E-state index contributed by atoms with van der Waals surface area (Å²) in [5.41, 5.74) is 9.55. The predicted molar refractivity (Wildman–Crippen MR) is 209 cm³/mol. The number of aliphatic imine (C=N–C) groups is 1. The van der Waals surface area contributed by atoms with Crippen LogP contribution in [0, 0.1) is 0 Å². The van der Waals surface area contributed by atoms with E-state index in [-0.39, 0.29) is 0 Å². The number of thiophene rings is 1. The lowest BCUT2D eigenvalue weighted by Crippen LogP contribution is -2.24. The van der Waals surface area contributed by atoms with Crippen molar-refractivity contribution in [3.05, 3.63) is 187 Å². The Bertz CT molecular complexity index is 2600. The first-order chi connectivity index (χ1) is 24.3. The maximum Gasteiger partial charge on any atom is 0.128 e. The zero-order valence-electron chi connectivity index (χ0n) is 26.9. The van der Waals surface area contributed by atoms with Gasteiger partial charge in [0, 0.05) is 44.0 Å². The van der Waals surface area contributed by atoms with E-state index >= 15 is 0 Å².